The zero-order chi connectivity index (χ0) is 31.2. The summed E-state index contributed by atoms with van der Waals surface area (Å²) in [5.41, 5.74) is 0.312. The summed E-state index contributed by atoms with van der Waals surface area (Å²) in [5, 5.41) is 10.6. The summed E-state index contributed by atoms with van der Waals surface area (Å²) in [7, 11) is 0. The van der Waals surface area contributed by atoms with Crippen molar-refractivity contribution < 1.29 is 28.7 Å². The van der Waals surface area contributed by atoms with Crippen molar-refractivity contribution in [2.24, 2.45) is 0 Å². The van der Waals surface area contributed by atoms with Gasteiger partial charge in [-0.15, -0.1) is 0 Å². The van der Waals surface area contributed by atoms with Crippen LogP contribution < -0.4 is 21.3 Å². The Bertz CT molecular complexity index is 1150. The van der Waals surface area contributed by atoms with Gasteiger partial charge in [-0.2, -0.15) is 0 Å². The van der Waals surface area contributed by atoms with Crippen molar-refractivity contribution in [2.75, 3.05) is 13.1 Å². The molecule has 10 heteroatoms. The van der Waals surface area contributed by atoms with Crippen LogP contribution in [0.5, 0.6) is 0 Å². The Labute approximate surface area is 248 Å². The van der Waals surface area contributed by atoms with Gasteiger partial charge in [0, 0.05) is 12.8 Å². The topological polar surface area (TPSA) is 135 Å². The Balaban J connectivity index is 1.94. The molecule has 0 aliphatic carbocycles. The van der Waals surface area contributed by atoms with Gasteiger partial charge >= 0.3 is 12.2 Å². The molecule has 4 amide bonds. The van der Waals surface area contributed by atoms with Gasteiger partial charge in [0.15, 0.2) is 0 Å². The maximum Gasteiger partial charge on any atom is 0.408 e. The fraction of sp³-hybridized carbons (Fsp3) is 0.438. The third-order valence-electron chi connectivity index (χ3n) is 5.41. The molecule has 0 aliphatic heterocycles. The fourth-order valence-corrected chi connectivity index (χ4v) is 3.65. The predicted octanol–water partition coefficient (Wildman–Crippen LogP) is 3.49. The number of carbonyl (C=O) groups is 4. The highest BCUT2D eigenvalue weighted by Crippen LogP contribution is 2.10. The van der Waals surface area contributed by atoms with Gasteiger partial charge in [0.05, 0.1) is 13.1 Å². The van der Waals surface area contributed by atoms with Crippen LogP contribution in [0.4, 0.5) is 9.59 Å². The molecule has 2 rings (SSSR count). The lowest BCUT2D eigenvalue weighted by atomic mass is 10.1. The van der Waals surface area contributed by atoms with Gasteiger partial charge < -0.3 is 30.7 Å². The molecule has 2 aromatic carbocycles. The van der Waals surface area contributed by atoms with Crippen molar-refractivity contribution in [2.45, 2.75) is 77.7 Å². The van der Waals surface area contributed by atoms with Crippen LogP contribution in [0.3, 0.4) is 0 Å². The molecule has 0 saturated heterocycles. The second-order valence-electron chi connectivity index (χ2n) is 11.6. The van der Waals surface area contributed by atoms with E-state index in [0.29, 0.717) is 0 Å². The number of rotatable bonds is 10. The lowest BCUT2D eigenvalue weighted by Crippen LogP contribution is -2.49. The van der Waals surface area contributed by atoms with Crippen LogP contribution >= 0.6 is 0 Å². The van der Waals surface area contributed by atoms with Gasteiger partial charge in [0.1, 0.15) is 23.3 Å². The lowest BCUT2D eigenvalue weighted by molar-refractivity contribution is -0.123. The first kappa shape index (κ1) is 33.7. The number of ether oxygens (including phenoxy) is 2. The SMILES string of the molecule is CC(C)(C)OC(=O)N[C@@H](Cc1ccccc1)C(=O)NCC#CCNC(=O)[C@H](Cc1ccccc1)NC(=O)OC(C)(C)C. The number of benzene rings is 2. The van der Waals surface area contributed by atoms with Gasteiger partial charge in [-0.1, -0.05) is 72.5 Å². The van der Waals surface area contributed by atoms with Crippen LogP contribution in [0.1, 0.15) is 52.7 Å². The fourth-order valence-electron chi connectivity index (χ4n) is 3.65. The van der Waals surface area contributed by atoms with E-state index in [1.807, 2.05) is 60.7 Å². The molecule has 0 fully saturated rings. The van der Waals surface area contributed by atoms with E-state index in [1.165, 1.54) is 0 Å². The third kappa shape index (κ3) is 14.2. The molecular formula is C32H42N4O6. The number of hydrogen-bond donors (Lipinski definition) is 4. The van der Waals surface area contributed by atoms with Gasteiger partial charge in [0.2, 0.25) is 11.8 Å². The molecule has 10 nitrogen and oxygen atoms in total. The number of amides is 4. The molecule has 0 heterocycles. The maximum atomic E-state index is 12.9. The van der Waals surface area contributed by atoms with E-state index in [4.69, 9.17) is 9.47 Å². The molecule has 0 spiro atoms. The molecule has 0 bridgehead atoms. The highest BCUT2D eigenvalue weighted by Gasteiger charge is 2.25. The first-order valence-corrected chi connectivity index (χ1v) is 13.8. The first-order valence-electron chi connectivity index (χ1n) is 13.8. The van der Waals surface area contributed by atoms with Gasteiger partial charge in [0.25, 0.3) is 0 Å². The Morgan fingerprint density at radius 3 is 1.26 bits per heavy atom. The van der Waals surface area contributed by atoms with Crippen molar-refractivity contribution >= 4 is 24.0 Å². The van der Waals surface area contributed by atoms with Crippen LogP contribution in [-0.2, 0) is 31.9 Å². The number of alkyl carbamates (subject to hydrolysis) is 2. The van der Waals surface area contributed by atoms with Gasteiger partial charge in [-0.05, 0) is 52.7 Å². The average Bonchev–Trinajstić information content (AvgIpc) is 2.88. The highest BCUT2D eigenvalue weighted by molar-refractivity contribution is 5.87. The molecule has 226 valence electrons. The van der Waals surface area contributed by atoms with Gasteiger partial charge in [-0.25, -0.2) is 9.59 Å². The summed E-state index contributed by atoms with van der Waals surface area (Å²) >= 11 is 0. The second kappa shape index (κ2) is 16.1. The van der Waals surface area contributed by atoms with E-state index in [1.54, 1.807) is 41.5 Å². The first-order chi connectivity index (χ1) is 19.7. The van der Waals surface area contributed by atoms with E-state index in [9.17, 15) is 19.2 Å². The molecule has 0 aromatic heterocycles. The number of hydrogen-bond acceptors (Lipinski definition) is 6. The minimum absolute atomic E-state index is 0.000402. The summed E-state index contributed by atoms with van der Waals surface area (Å²) < 4.78 is 10.6. The molecule has 4 N–H and O–H groups in total. The number of carbonyl (C=O) groups excluding carboxylic acids is 4. The molecule has 2 aromatic rings. The quantitative estimate of drug-likeness (QED) is 0.319. The zero-order valence-electron chi connectivity index (χ0n) is 25.2. The molecule has 42 heavy (non-hydrogen) atoms. The van der Waals surface area contributed by atoms with Crippen LogP contribution in [-0.4, -0.2) is 60.4 Å². The van der Waals surface area contributed by atoms with Crippen molar-refractivity contribution in [3.8, 4) is 11.8 Å². The normalized spacial score (nSPS) is 12.4. The van der Waals surface area contributed by atoms with Crippen molar-refractivity contribution in [1.29, 1.82) is 0 Å². The van der Waals surface area contributed by atoms with E-state index < -0.39 is 47.3 Å². The summed E-state index contributed by atoms with van der Waals surface area (Å²) in [6.07, 6.45) is -0.860. The minimum atomic E-state index is -0.874. The molecule has 2 atom stereocenters. The van der Waals surface area contributed by atoms with E-state index in [0.717, 1.165) is 11.1 Å². The Hall–Kier alpha value is -4.52. The van der Waals surface area contributed by atoms with Crippen LogP contribution in [0.25, 0.3) is 0 Å². The second-order valence-corrected chi connectivity index (χ2v) is 11.6. The summed E-state index contributed by atoms with van der Waals surface area (Å²) in [6, 6.07) is 16.8. The minimum Gasteiger partial charge on any atom is -0.444 e. The average molecular weight is 579 g/mol. The van der Waals surface area contributed by atoms with Crippen molar-refractivity contribution in [1.82, 2.24) is 21.3 Å². The summed E-state index contributed by atoms with van der Waals surface area (Å²) in [4.78, 5) is 50.4. The van der Waals surface area contributed by atoms with E-state index in [2.05, 4.69) is 33.1 Å². The van der Waals surface area contributed by atoms with Crippen LogP contribution in [0, 0.1) is 11.8 Å². The largest absolute Gasteiger partial charge is 0.444 e. The maximum absolute atomic E-state index is 12.9. The lowest BCUT2D eigenvalue weighted by Gasteiger charge is -2.23. The molecule has 0 unspecified atom stereocenters. The predicted molar refractivity (Wildman–Crippen MR) is 160 cm³/mol. The van der Waals surface area contributed by atoms with E-state index >= 15 is 0 Å². The van der Waals surface area contributed by atoms with Gasteiger partial charge in [-0.3, -0.25) is 9.59 Å². The number of nitrogens with one attached hydrogen (secondary N) is 4. The Morgan fingerprint density at radius 1 is 0.619 bits per heavy atom. The molecular weight excluding hydrogens is 536 g/mol. The molecule has 0 aliphatic rings. The van der Waals surface area contributed by atoms with Crippen LogP contribution in [0.2, 0.25) is 0 Å². The zero-order valence-corrected chi connectivity index (χ0v) is 25.2. The Morgan fingerprint density at radius 2 is 0.952 bits per heavy atom. The molecule has 0 saturated carbocycles. The standard InChI is InChI=1S/C32H42N4O6/c1-31(2,3)41-29(39)35-25(21-23-15-9-7-10-16-23)27(37)33-19-13-14-20-34-28(38)26(22-24-17-11-8-12-18-24)36-30(40)42-32(4,5)6/h7-12,15-18,25-26H,19-22H2,1-6H3,(H,33,37)(H,34,38)(H,35,39)(H,36,40)/t25-,26-/m0/s1. The van der Waals surface area contributed by atoms with E-state index in [-0.39, 0.29) is 25.9 Å². The van der Waals surface area contributed by atoms with Crippen molar-refractivity contribution in [3.63, 3.8) is 0 Å². The Kier molecular flexibility index (Phi) is 12.9. The smallest absolute Gasteiger partial charge is 0.408 e. The third-order valence-corrected chi connectivity index (χ3v) is 5.41. The monoisotopic (exact) mass is 578 g/mol. The van der Waals surface area contributed by atoms with Crippen LogP contribution in [0.15, 0.2) is 60.7 Å². The summed E-state index contributed by atoms with van der Waals surface area (Å²) in [5.74, 6) is 4.73. The highest BCUT2D eigenvalue weighted by atomic mass is 16.6. The summed E-state index contributed by atoms with van der Waals surface area (Å²) in [6.45, 7) is 10.4. The van der Waals surface area contributed by atoms with Crippen molar-refractivity contribution in [3.05, 3.63) is 71.8 Å². The molecule has 0 radical (unpaired) electrons.